The number of para-hydroxylation sites is 1. The molecule has 2 unspecified atom stereocenters. The number of hydrogen-bond acceptors (Lipinski definition) is 5. The first kappa shape index (κ1) is 29.0. The van der Waals surface area contributed by atoms with Crippen molar-refractivity contribution in [2.75, 3.05) is 0 Å². The molecule has 2 aromatic heterocycles. The average Bonchev–Trinajstić information content (AvgIpc) is 3.76. The summed E-state index contributed by atoms with van der Waals surface area (Å²) in [6.45, 7) is 0. The van der Waals surface area contributed by atoms with E-state index in [0.29, 0.717) is 0 Å². The molecule has 0 saturated heterocycles. The second-order valence-electron chi connectivity index (χ2n) is 12.8. The van der Waals surface area contributed by atoms with Gasteiger partial charge in [-0.25, -0.2) is 4.99 Å². The van der Waals surface area contributed by atoms with E-state index in [1.165, 1.54) is 36.9 Å². The summed E-state index contributed by atoms with van der Waals surface area (Å²) in [4.78, 5) is 5.28. The van der Waals surface area contributed by atoms with Crippen LogP contribution >= 0.6 is 11.3 Å². The Morgan fingerprint density at radius 3 is 2.06 bits per heavy atom. The number of benzene rings is 7. The second kappa shape index (κ2) is 11.8. The monoisotopic (exact) mass is 661 g/mol. The Balaban J connectivity index is 1.19. The van der Waals surface area contributed by atoms with Gasteiger partial charge in [0.25, 0.3) is 0 Å². The molecule has 0 radical (unpaired) electrons. The van der Waals surface area contributed by atoms with Crippen molar-refractivity contribution in [3.63, 3.8) is 0 Å². The zero-order valence-electron chi connectivity index (χ0n) is 27.0. The zero-order chi connectivity index (χ0) is 33.0. The first-order chi connectivity index (χ1) is 24.8. The Hall–Kier alpha value is -6.01. The maximum Gasteiger partial charge on any atom is 0.136 e. The van der Waals surface area contributed by atoms with Crippen LogP contribution in [0.15, 0.2) is 173 Å². The van der Waals surface area contributed by atoms with Crippen LogP contribution < -0.4 is 10.6 Å². The molecule has 2 N–H and O–H groups in total. The zero-order valence-corrected chi connectivity index (χ0v) is 27.8. The molecule has 1 aliphatic rings. The first-order valence-electron chi connectivity index (χ1n) is 16.9. The molecule has 0 fully saturated rings. The van der Waals surface area contributed by atoms with Gasteiger partial charge in [0.15, 0.2) is 0 Å². The van der Waals surface area contributed by atoms with Gasteiger partial charge in [0.05, 0.1) is 0 Å². The van der Waals surface area contributed by atoms with Gasteiger partial charge < -0.3 is 9.73 Å². The van der Waals surface area contributed by atoms with Gasteiger partial charge in [-0.3, -0.25) is 5.32 Å². The molecular formula is C45H31N3OS. The van der Waals surface area contributed by atoms with Crippen LogP contribution in [0.4, 0.5) is 0 Å². The summed E-state index contributed by atoms with van der Waals surface area (Å²) in [5.41, 5.74) is 9.79. The van der Waals surface area contributed by atoms with Crippen LogP contribution in [0.3, 0.4) is 0 Å². The number of aliphatic imine (C=N–C) groups is 1. The van der Waals surface area contributed by atoms with Crippen molar-refractivity contribution in [3.05, 3.63) is 180 Å². The number of hydrogen-bond donors (Lipinski definition) is 2. The fraction of sp³-hybridized carbons (Fsp3) is 0.0444. The number of fused-ring (bicyclic) bond motifs is 6. The molecule has 0 amide bonds. The van der Waals surface area contributed by atoms with Crippen LogP contribution in [0.25, 0.3) is 64.4 Å². The van der Waals surface area contributed by atoms with Crippen LogP contribution in [0.2, 0.25) is 0 Å². The summed E-state index contributed by atoms with van der Waals surface area (Å²) in [5, 5.41) is 12.2. The minimum Gasteiger partial charge on any atom is -0.456 e. The highest BCUT2D eigenvalue weighted by Crippen LogP contribution is 2.46. The van der Waals surface area contributed by atoms with E-state index in [4.69, 9.17) is 9.41 Å². The highest BCUT2D eigenvalue weighted by molar-refractivity contribution is 7.26. The summed E-state index contributed by atoms with van der Waals surface area (Å²) >= 11 is 1.86. The SMILES string of the molecule is c1ccc(C2=NC(c3cc(-c4cccc5c4sc4cc(-c6ccccc6)ccc45)c4c(c3)oc3ccccc34)NC(c3ccccc3)N2)cc1. The van der Waals surface area contributed by atoms with Gasteiger partial charge in [-0.15, -0.1) is 11.3 Å². The van der Waals surface area contributed by atoms with Crippen molar-refractivity contribution in [2.45, 2.75) is 12.3 Å². The summed E-state index contributed by atoms with van der Waals surface area (Å²) < 4.78 is 9.16. The van der Waals surface area contributed by atoms with Gasteiger partial charge in [-0.1, -0.05) is 140 Å². The van der Waals surface area contributed by atoms with E-state index in [0.717, 1.165) is 50.0 Å². The molecule has 238 valence electrons. The Morgan fingerprint density at radius 1 is 0.520 bits per heavy atom. The largest absolute Gasteiger partial charge is 0.456 e. The quantitative estimate of drug-likeness (QED) is 0.193. The minimum absolute atomic E-state index is 0.131. The Labute approximate surface area is 293 Å². The molecule has 0 saturated carbocycles. The fourth-order valence-electron chi connectivity index (χ4n) is 7.36. The van der Waals surface area contributed by atoms with E-state index in [9.17, 15) is 0 Å². The summed E-state index contributed by atoms with van der Waals surface area (Å²) in [6, 6.07) is 57.9. The van der Waals surface area contributed by atoms with Gasteiger partial charge in [0.1, 0.15) is 29.3 Å². The average molecular weight is 662 g/mol. The minimum atomic E-state index is -0.317. The molecule has 0 aliphatic carbocycles. The molecule has 10 rings (SSSR count). The molecule has 4 nitrogen and oxygen atoms in total. The van der Waals surface area contributed by atoms with E-state index in [1.807, 2.05) is 23.5 Å². The van der Waals surface area contributed by atoms with Crippen LogP contribution in [0, 0.1) is 0 Å². The number of nitrogens with one attached hydrogen (secondary N) is 2. The highest BCUT2D eigenvalue weighted by atomic mass is 32.1. The third-order valence-corrected chi connectivity index (χ3v) is 11.0. The third kappa shape index (κ3) is 4.90. The van der Waals surface area contributed by atoms with E-state index >= 15 is 0 Å². The number of nitrogens with zero attached hydrogens (tertiary/aromatic N) is 1. The predicted molar refractivity (Wildman–Crippen MR) is 209 cm³/mol. The Bertz CT molecular complexity index is 2710. The molecule has 9 aromatic rings. The first-order valence-corrected chi connectivity index (χ1v) is 17.8. The van der Waals surface area contributed by atoms with Crippen LogP contribution in [-0.2, 0) is 0 Å². The molecular weight excluding hydrogens is 631 g/mol. The normalized spacial score (nSPS) is 16.2. The lowest BCUT2D eigenvalue weighted by atomic mass is 9.94. The number of amidine groups is 1. The van der Waals surface area contributed by atoms with Crippen molar-refractivity contribution in [1.82, 2.24) is 10.6 Å². The van der Waals surface area contributed by atoms with Crippen molar-refractivity contribution in [1.29, 1.82) is 0 Å². The van der Waals surface area contributed by atoms with Gasteiger partial charge in [0, 0.05) is 42.1 Å². The lowest BCUT2D eigenvalue weighted by Crippen LogP contribution is -2.44. The van der Waals surface area contributed by atoms with E-state index in [2.05, 4.69) is 162 Å². The Morgan fingerprint density at radius 2 is 1.24 bits per heavy atom. The molecule has 50 heavy (non-hydrogen) atoms. The van der Waals surface area contributed by atoms with Gasteiger partial charge in [0.2, 0.25) is 0 Å². The van der Waals surface area contributed by atoms with Crippen LogP contribution in [0.1, 0.15) is 29.0 Å². The van der Waals surface area contributed by atoms with Crippen molar-refractivity contribution < 1.29 is 4.42 Å². The number of thiophene rings is 1. The number of furan rings is 1. The van der Waals surface area contributed by atoms with Gasteiger partial charge in [-0.2, -0.15) is 0 Å². The molecule has 5 heteroatoms. The van der Waals surface area contributed by atoms with Crippen LogP contribution in [-0.4, -0.2) is 5.84 Å². The topological polar surface area (TPSA) is 49.6 Å². The summed E-state index contributed by atoms with van der Waals surface area (Å²) in [6.07, 6.45) is -0.448. The van der Waals surface area contributed by atoms with Gasteiger partial charge >= 0.3 is 0 Å². The van der Waals surface area contributed by atoms with Crippen molar-refractivity contribution in [2.24, 2.45) is 4.99 Å². The molecule has 7 aromatic carbocycles. The lowest BCUT2D eigenvalue weighted by Gasteiger charge is -2.32. The standard InChI is InChI=1S/C45H31N3OS/c1-4-13-28(14-5-1)31-23-24-33-34-20-12-21-35(42(34)50-40(33)27-31)37-25-32(26-39-41(37)36-19-10-11-22-38(36)49-39)45-47-43(29-15-6-2-7-16-29)46-44(48-45)30-17-8-3-9-18-30/h1-27,43,45,47H,(H,46,48). The van der Waals surface area contributed by atoms with E-state index in [-0.39, 0.29) is 12.3 Å². The molecule has 0 spiro atoms. The second-order valence-corrected chi connectivity index (χ2v) is 13.9. The lowest BCUT2D eigenvalue weighted by molar-refractivity contribution is 0.409. The number of rotatable bonds is 5. The highest BCUT2D eigenvalue weighted by Gasteiger charge is 2.27. The maximum absolute atomic E-state index is 6.62. The van der Waals surface area contributed by atoms with Gasteiger partial charge in [-0.05, 0) is 52.1 Å². The molecule has 2 atom stereocenters. The van der Waals surface area contributed by atoms with E-state index < -0.39 is 0 Å². The van der Waals surface area contributed by atoms with Crippen molar-refractivity contribution >= 4 is 59.3 Å². The predicted octanol–water partition coefficient (Wildman–Crippen LogP) is 11.6. The van der Waals surface area contributed by atoms with Crippen LogP contribution in [0.5, 0.6) is 0 Å². The fourth-order valence-corrected chi connectivity index (χ4v) is 8.63. The smallest absolute Gasteiger partial charge is 0.136 e. The Kier molecular flexibility index (Phi) is 6.86. The summed E-state index contributed by atoms with van der Waals surface area (Å²) in [7, 11) is 0. The maximum atomic E-state index is 6.62. The molecule has 3 heterocycles. The third-order valence-electron chi connectivity index (χ3n) is 9.76. The summed E-state index contributed by atoms with van der Waals surface area (Å²) in [5.74, 6) is 0.857. The molecule has 1 aliphatic heterocycles. The molecule has 0 bridgehead atoms. The van der Waals surface area contributed by atoms with Crippen molar-refractivity contribution in [3.8, 4) is 22.3 Å². The van der Waals surface area contributed by atoms with E-state index in [1.54, 1.807) is 0 Å².